The number of Topliss-reactive ketones (excluding diaryl/α,β-unsaturated/α-hetero) is 1. The molecule has 0 amide bonds. The number of hydrogen-bond acceptors (Lipinski definition) is 3. The molecule has 1 aliphatic carbocycles. The molecule has 104 valence electrons. The van der Waals surface area contributed by atoms with E-state index in [2.05, 4.69) is 25.8 Å². The Morgan fingerprint density at radius 1 is 1.33 bits per heavy atom. The van der Waals surface area contributed by atoms with Crippen LogP contribution >= 0.6 is 0 Å². The van der Waals surface area contributed by atoms with Crippen LogP contribution in [0.2, 0.25) is 0 Å². The van der Waals surface area contributed by atoms with E-state index in [0.717, 1.165) is 51.9 Å². The number of ether oxygens (including phenoxy) is 1. The van der Waals surface area contributed by atoms with Crippen molar-refractivity contribution in [2.75, 3.05) is 26.8 Å². The Labute approximate surface area is 111 Å². The van der Waals surface area contributed by atoms with E-state index in [-0.39, 0.29) is 5.92 Å². The van der Waals surface area contributed by atoms with Gasteiger partial charge in [0, 0.05) is 38.1 Å². The molecular weight excluding hydrogens is 226 g/mol. The van der Waals surface area contributed by atoms with Crippen LogP contribution in [0.3, 0.4) is 0 Å². The summed E-state index contributed by atoms with van der Waals surface area (Å²) in [5.74, 6) is 0.731. The van der Waals surface area contributed by atoms with Crippen molar-refractivity contribution < 1.29 is 9.53 Å². The maximum Gasteiger partial charge on any atom is 0.137 e. The van der Waals surface area contributed by atoms with Gasteiger partial charge in [0.25, 0.3) is 0 Å². The highest BCUT2D eigenvalue weighted by Crippen LogP contribution is 2.37. The monoisotopic (exact) mass is 253 g/mol. The molecule has 18 heavy (non-hydrogen) atoms. The molecule has 0 aromatic heterocycles. The molecule has 1 unspecified atom stereocenters. The highest BCUT2D eigenvalue weighted by molar-refractivity contribution is 5.82. The summed E-state index contributed by atoms with van der Waals surface area (Å²) in [6, 6.07) is 0.608. The standard InChI is InChI=1S/C15H27NO2/c1-15(2)7-4-14(17)12(10-15)11-16(3)13-5-8-18-9-6-13/h12-13H,4-11H2,1-3H3. The van der Waals surface area contributed by atoms with Crippen molar-refractivity contribution in [1.29, 1.82) is 0 Å². The zero-order valence-electron chi connectivity index (χ0n) is 12.1. The normalized spacial score (nSPS) is 29.8. The fraction of sp³-hybridized carbons (Fsp3) is 0.933. The van der Waals surface area contributed by atoms with Crippen molar-refractivity contribution in [3.63, 3.8) is 0 Å². The zero-order chi connectivity index (χ0) is 13.2. The summed E-state index contributed by atoms with van der Waals surface area (Å²) >= 11 is 0. The Morgan fingerprint density at radius 3 is 2.67 bits per heavy atom. The summed E-state index contributed by atoms with van der Waals surface area (Å²) in [5, 5.41) is 0. The molecule has 1 saturated heterocycles. The van der Waals surface area contributed by atoms with Gasteiger partial charge in [-0.2, -0.15) is 0 Å². The molecule has 0 aromatic carbocycles. The average molecular weight is 253 g/mol. The van der Waals surface area contributed by atoms with Crippen LogP contribution in [0.15, 0.2) is 0 Å². The fourth-order valence-electron chi connectivity index (χ4n) is 3.34. The summed E-state index contributed by atoms with van der Waals surface area (Å²) in [5.41, 5.74) is 0.342. The minimum atomic E-state index is 0.251. The third-order valence-electron chi connectivity index (χ3n) is 4.63. The van der Waals surface area contributed by atoms with Crippen LogP contribution in [0, 0.1) is 11.3 Å². The average Bonchev–Trinajstić information content (AvgIpc) is 2.35. The van der Waals surface area contributed by atoms with Crippen molar-refractivity contribution in [3.05, 3.63) is 0 Å². The van der Waals surface area contributed by atoms with E-state index in [0.29, 0.717) is 17.2 Å². The van der Waals surface area contributed by atoms with E-state index in [1.54, 1.807) is 0 Å². The van der Waals surface area contributed by atoms with Gasteiger partial charge in [-0.25, -0.2) is 0 Å². The molecule has 1 aliphatic heterocycles. The summed E-state index contributed by atoms with van der Waals surface area (Å²) < 4.78 is 5.40. The van der Waals surface area contributed by atoms with E-state index in [4.69, 9.17) is 4.74 Å². The Kier molecular flexibility index (Phi) is 4.44. The van der Waals surface area contributed by atoms with Crippen LogP contribution in [0.4, 0.5) is 0 Å². The first-order valence-electron chi connectivity index (χ1n) is 7.29. The first kappa shape index (κ1) is 14.0. The molecule has 1 heterocycles. The van der Waals surface area contributed by atoms with E-state index in [1.165, 1.54) is 0 Å². The van der Waals surface area contributed by atoms with Gasteiger partial charge in [-0.3, -0.25) is 4.79 Å². The zero-order valence-corrected chi connectivity index (χ0v) is 12.1. The summed E-state index contributed by atoms with van der Waals surface area (Å²) in [7, 11) is 2.17. The lowest BCUT2D eigenvalue weighted by molar-refractivity contribution is -0.128. The summed E-state index contributed by atoms with van der Waals surface area (Å²) in [4.78, 5) is 14.4. The third kappa shape index (κ3) is 3.55. The lowest BCUT2D eigenvalue weighted by Gasteiger charge is -2.38. The predicted octanol–water partition coefficient (Wildman–Crippen LogP) is 2.49. The molecule has 3 nitrogen and oxygen atoms in total. The van der Waals surface area contributed by atoms with E-state index >= 15 is 0 Å². The number of hydrogen-bond donors (Lipinski definition) is 0. The van der Waals surface area contributed by atoms with Crippen molar-refractivity contribution in [2.45, 2.75) is 52.0 Å². The molecule has 2 rings (SSSR count). The number of rotatable bonds is 3. The van der Waals surface area contributed by atoms with Crippen molar-refractivity contribution in [1.82, 2.24) is 4.90 Å². The maximum atomic E-state index is 12.0. The lowest BCUT2D eigenvalue weighted by atomic mass is 9.71. The number of nitrogens with zero attached hydrogens (tertiary/aromatic N) is 1. The van der Waals surface area contributed by atoms with Gasteiger partial charge in [0.2, 0.25) is 0 Å². The van der Waals surface area contributed by atoms with Crippen LogP contribution in [0.1, 0.15) is 46.0 Å². The third-order valence-corrected chi connectivity index (χ3v) is 4.63. The Bertz CT molecular complexity index is 295. The van der Waals surface area contributed by atoms with Gasteiger partial charge in [-0.1, -0.05) is 13.8 Å². The van der Waals surface area contributed by atoms with Gasteiger partial charge < -0.3 is 9.64 Å². The molecule has 2 fully saturated rings. The molecule has 0 bridgehead atoms. The van der Waals surface area contributed by atoms with Gasteiger partial charge in [0.05, 0.1) is 0 Å². The Hall–Kier alpha value is -0.410. The molecule has 2 aliphatic rings. The quantitative estimate of drug-likeness (QED) is 0.774. The van der Waals surface area contributed by atoms with Crippen LogP contribution < -0.4 is 0 Å². The van der Waals surface area contributed by atoms with Gasteiger partial charge >= 0.3 is 0 Å². The van der Waals surface area contributed by atoms with Gasteiger partial charge in [0.1, 0.15) is 5.78 Å². The first-order valence-corrected chi connectivity index (χ1v) is 7.29. The van der Waals surface area contributed by atoms with Crippen molar-refractivity contribution in [2.24, 2.45) is 11.3 Å². The van der Waals surface area contributed by atoms with Crippen LogP contribution in [0.25, 0.3) is 0 Å². The molecule has 1 atom stereocenters. The maximum absolute atomic E-state index is 12.0. The van der Waals surface area contributed by atoms with E-state index in [1.807, 2.05) is 0 Å². The van der Waals surface area contributed by atoms with E-state index in [9.17, 15) is 4.79 Å². The minimum Gasteiger partial charge on any atom is -0.381 e. The second-order valence-corrected chi connectivity index (χ2v) is 6.81. The second-order valence-electron chi connectivity index (χ2n) is 6.81. The Balaban J connectivity index is 1.88. The second kappa shape index (κ2) is 5.70. The SMILES string of the molecule is CN(CC1CC(C)(C)CCC1=O)C1CCOCC1. The lowest BCUT2D eigenvalue weighted by Crippen LogP contribution is -2.43. The number of carbonyl (C=O) groups excluding carboxylic acids is 1. The smallest absolute Gasteiger partial charge is 0.137 e. The minimum absolute atomic E-state index is 0.251. The topological polar surface area (TPSA) is 29.5 Å². The molecule has 0 radical (unpaired) electrons. The van der Waals surface area contributed by atoms with Crippen molar-refractivity contribution in [3.8, 4) is 0 Å². The molecular formula is C15H27NO2. The summed E-state index contributed by atoms with van der Waals surface area (Å²) in [6.45, 7) is 7.27. The summed E-state index contributed by atoms with van der Waals surface area (Å²) in [6.07, 6.45) is 5.11. The van der Waals surface area contributed by atoms with Gasteiger partial charge in [-0.05, 0) is 38.1 Å². The van der Waals surface area contributed by atoms with E-state index < -0.39 is 0 Å². The highest BCUT2D eigenvalue weighted by Gasteiger charge is 2.34. The molecule has 0 spiro atoms. The van der Waals surface area contributed by atoms with Crippen LogP contribution in [-0.4, -0.2) is 43.5 Å². The number of carbonyl (C=O) groups is 1. The molecule has 3 heteroatoms. The largest absolute Gasteiger partial charge is 0.381 e. The fourth-order valence-corrected chi connectivity index (χ4v) is 3.34. The predicted molar refractivity (Wildman–Crippen MR) is 72.6 cm³/mol. The molecule has 0 N–H and O–H groups in total. The molecule has 0 aromatic rings. The van der Waals surface area contributed by atoms with Crippen molar-refractivity contribution >= 4 is 5.78 Å². The van der Waals surface area contributed by atoms with Crippen LogP contribution in [-0.2, 0) is 9.53 Å². The van der Waals surface area contributed by atoms with Gasteiger partial charge in [-0.15, -0.1) is 0 Å². The first-order chi connectivity index (χ1) is 8.48. The highest BCUT2D eigenvalue weighted by atomic mass is 16.5. The number of ketones is 1. The van der Waals surface area contributed by atoms with Gasteiger partial charge in [0.15, 0.2) is 0 Å². The Morgan fingerprint density at radius 2 is 2.00 bits per heavy atom. The molecule has 1 saturated carbocycles. The van der Waals surface area contributed by atoms with Crippen LogP contribution in [0.5, 0.6) is 0 Å².